The van der Waals surface area contributed by atoms with Crippen molar-refractivity contribution in [2.24, 2.45) is 0 Å². The number of esters is 1. The quantitative estimate of drug-likeness (QED) is 0.573. The minimum Gasteiger partial charge on any atom is -0.463 e. The lowest BCUT2D eigenvalue weighted by Gasteiger charge is -2.31. The van der Waals surface area contributed by atoms with Gasteiger partial charge >= 0.3 is 5.97 Å². The lowest BCUT2D eigenvalue weighted by Crippen LogP contribution is -2.33. The third kappa shape index (κ3) is 3.12. The van der Waals surface area contributed by atoms with Crippen LogP contribution in [0.3, 0.4) is 0 Å². The second-order valence-electron chi connectivity index (χ2n) is 5.01. The van der Waals surface area contributed by atoms with E-state index in [9.17, 15) is 4.79 Å². The Morgan fingerprint density at radius 2 is 2.11 bits per heavy atom. The van der Waals surface area contributed by atoms with Gasteiger partial charge in [0.2, 0.25) is 0 Å². The van der Waals surface area contributed by atoms with E-state index in [2.05, 4.69) is 0 Å². The SMILES string of the molecule is CCOC(=O)/C(C)=C/[C@H]1COC2(CCCCC2)O1. The molecule has 1 saturated heterocycles. The molecule has 1 aliphatic heterocycles. The fourth-order valence-corrected chi connectivity index (χ4v) is 2.60. The largest absolute Gasteiger partial charge is 0.463 e. The average molecular weight is 254 g/mol. The molecule has 1 saturated carbocycles. The Morgan fingerprint density at radius 1 is 1.39 bits per heavy atom. The van der Waals surface area contributed by atoms with E-state index < -0.39 is 0 Å². The summed E-state index contributed by atoms with van der Waals surface area (Å²) in [5, 5.41) is 0. The average Bonchev–Trinajstić information content (AvgIpc) is 2.73. The van der Waals surface area contributed by atoms with Crippen molar-refractivity contribution in [2.45, 2.75) is 57.8 Å². The summed E-state index contributed by atoms with van der Waals surface area (Å²) in [5.74, 6) is -0.653. The molecule has 0 aromatic carbocycles. The summed E-state index contributed by atoms with van der Waals surface area (Å²) in [7, 11) is 0. The molecule has 2 rings (SSSR count). The van der Waals surface area contributed by atoms with Crippen molar-refractivity contribution >= 4 is 5.97 Å². The van der Waals surface area contributed by atoms with Crippen molar-refractivity contribution in [3.05, 3.63) is 11.6 Å². The predicted octanol–water partition coefficient (Wildman–Crippen LogP) is 2.57. The van der Waals surface area contributed by atoms with Crippen LogP contribution in [-0.4, -0.2) is 31.1 Å². The van der Waals surface area contributed by atoms with Crippen LogP contribution in [0.1, 0.15) is 46.0 Å². The molecule has 2 aliphatic rings. The monoisotopic (exact) mass is 254 g/mol. The van der Waals surface area contributed by atoms with Gasteiger partial charge in [0.25, 0.3) is 0 Å². The highest BCUT2D eigenvalue weighted by atomic mass is 16.7. The van der Waals surface area contributed by atoms with Crippen molar-refractivity contribution in [2.75, 3.05) is 13.2 Å². The summed E-state index contributed by atoms with van der Waals surface area (Å²) in [6.45, 7) is 4.50. The zero-order valence-electron chi connectivity index (χ0n) is 11.2. The zero-order valence-corrected chi connectivity index (χ0v) is 11.2. The van der Waals surface area contributed by atoms with Crippen LogP contribution in [0.5, 0.6) is 0 Å². The maximum Gasteiger partial charge on any atom is 0.333 e. The Bertz CT molecular complexity index is 329. The van der Waals surface area contributed by atoms with E-state index in [-0.39, 0.29) is 17.9 Å². The van der Waals surface area contributed by atoms with E-state index in [0.717, 1.165) is 25.7 Å². The highest BCUT2D eigenvalue weighted by Crippen LogP contribution is 2.38. The molecule has 0 N–H and O–H groups in total. The first kappa shape index (κ1) is 13.6. The summed E-state index contributed by atoms with van der Waals surface area (Å²) >= 11 is 0. The van der Waals surface area contributed by atoms with Gasteiger partial charge in [-0.25, -0.2) is 4.79 Å². The van der Waals surface area contributed by atoms with Crippen LogP contribution in [-0.2, 0) is 19.0 Å². The fraction of sp³-hybridized carbons (Fsp3) is 0.786. The standard InChI is InChI=1S/C14H22O4/c1-3-16-13(15)11(2)9-12-10-17-14(18-12)7-5-4-6-8-14/h9,12H,3-8,10H2,1-2H3/b11-9+/t12-/m0/s1. The van der Waals surface area contributed by atoms with Gasteiger partial charge in [-0.05, 0) is 32.8 Å². The van der Waals surface area contributed by atoms with Crippen molar-refractivity contribution in [1.82, 2.24) is 0 Å². The minimum atomic E-state index is -0.381. The number of ether oxygens (including phenoxy) is 3. The van der Waals surface area contributed by atoms with Gasteiger partial charge in [0.1, 0.15) is 6.10 Å². The van der Waals surface area contributed by atoms with Crippen molar-refractivity contribution in [3.63, 3.8) is 0 Å². The number of rotatable bonds is 3. The van der Waals surface area contributed by atoms with Crippen LogP contribution in [0, 0.1) is 0 Å². The Labute approximate surface area is 108 Å². The molecule has 1 aliphatic carbocycles. The summed E-state index contributed by atoms with van der Waals surface area (Å²) in [6.07, 6.45) is 7.22. The predicted molar refractivity (Wildman–Crippen MR) is 67.0 cm³/mol. The first-order valence-electron chi connectivity index (χ1n) is 6.82. The van der Waals surface area contributed by atoms with Crippen LogP contribution in [0.2, 0.25) is 0 Å². The van der Waals surface area contributed by atoms with E-state index in [0.29, 0.717) is 18.8 Å². The number of hydrogen-bond acceptors (Lipinski definition) is 4. The second kappa shape index (κ2) is 5.85. The maximum absolute atomic E-state index is 11.5. The van der Waals surface area contributed by atoms with Gasteiger partial charge in [0.15, 0.2) is 5.79 Å². The van der Waals surface area contributed by atoms with Crippen molar-refractivity contribution < 1.29 is 19.0 Å². The van der Waals surface area contributed by atoms with Crippen LogP contribution < -0.4 is 0 Å². The smallest absolute Gasteiger partial charge is 0.333 e. The van der Waals surface area contributed by atoms with Gasteiger partial charge in [0.05, 0.1) is 13.2 Å². The van der Waals surface area contributed by atoms with Gasteiger partial charge in [0, 0.05) is 18.4 Å². The number of carbonyl (C=O) groups is 1. The first-order valence-corrected chi connectivity index (χ1v) is 6.82. The van der Waals surface area contributed by atoms with Crippen LogP contribution in [0.15, 0.2) is 11.6 Å². The van der Waals surface area contributed by atoms with E-state index in [1.54, 1.807) is 13.8 Å². The molecule has 0 aromatic heterocycles. The lowest BCUT2D eigenvalue weighted by molar-refractivity contribution is -0.183. The van der Waals surface area contributed by atoms with E-state index in [1.807, 2.05) is 6.08 Å². The minimum absolute atomic E-state index is 0.118. The topological polar surface area (TPSA) is 44.8 Å². The molecular formula is C14H22O4. The number of hydrogen-bond donors (Lipinski definition) is 0. The van der Waals surface area contributed by atoms with Gasteiger partial charge in [-0.3, -0.25) is 0 Å². The van der Waals surface area contributed by atoms with Crippen LogP contribution in [0.25, 0.3) is 0 Å². The number of carbonyl (C=O) groups excluding carboxylic acids is 1. The molecule has 1 atom stereocenters. The second-order valence-corrected chi connectivity index (χ2v) is 5.01. The molecule has 4 nitrogen and oxygen atoms in total. The van der Waals surface area contributed by atoms with E-state index >= 15 is 0 Å². The maximum atomic E-state index is 11.5. The summed E-state index contributed by atoms with van der Waals surface area (Å²) in [6, 6.07) is 0. The van der Waals surface area contributed by atoms with E-state index in [4.69, 9.17) is 14.2 Å². The Morgan fingerprint density at radius 3 is 2.78 bits per heavy atom. The molecule has 0 bridgehead atoms. The Balaban J connectivity index is 1.92. The summed E-state index contributed by atoms with van der Waals surface area (Å²) in [5.41, 5.74) is 0.596. The molecule has 0 amide bonds. The van der Waals surface area contributed by atoms with Gasteiger partial charge < -0.3 is 14.2 Å². The Kier molecular flexibility index (Phi) is 4.40. The van der Waals surface area contributed by atoms with Gasteiger partial charge in [-0.2, -0.15) is 0 Å². The third-order valence-electron chi connectivity index (χ3n) is 3.53. The highest BCUT2D eigenvalue weighted by molar-refractivity contribution is 5.87. The molecule has 0 unspecified atom stereocenters. The fourth-order valence-electron chi connectivity index (χ4n) is 2.60. The molecule has 1 heterocycles. The normalized spacial score (nSPS) is 27.4. The van der Waals surface area contributed by atoms with Crippen molar-refractivity contribution in [1.29, 1.82) is 0 Å². The molecule has 4 heteroatoms. The molecule has 1 spiro atoms. The Hall–Kier alpha value is -0.870. The molecule has 2 fully saturated rings. The molecule has 18 heavy (non-hydrogen) atoms. The molecule has 0 radical (unpaired) electrons. The summed E-state index contributed by atoms with van der Waals surface area (Å²) in [4.78, 5) is 11.5. The molecular weight excluding hydrogens is 232 g/mol. The lowest BCUT2D eigenvalue weighted by atomic mass is 9.94. The van der Waals surface area contributed by atoms with E-state index in [1.165, 1.54) is 6.42 Å². The highest BCUT2D eigenvalue weighted by Gasteiger charge is 2.41. The van der Waals surface area contributed by atoms with Crippen LogP contribution in [0.4, 0.5) is 0 Å². The third-order valence-corrected chi connectivity index (χ3v) is 3.53. The molecule has 0 aromatic rings. The summed E-state index contributed by atoms with van der Waals surface area (Å²) < 4.78 is 16.7. The first-order chi connectivity index (χ1) is 8.65. The van der Waals surface area contributed by atoms with Gasteiger partial charge in [-0.1, -0.05) is 6.42 Å². The van der Waals surface area contributed by atoms with Crippen molar-refractivity contribution in [3.8, 4) is 0 Å². The molecule has 102 valence electrons. The van der Waals surface area contributed by atoms with Gasteiger partial charge in [-0.15, -0.1) is 0 Å². The van der Waals surface area contributed by atoms with Crippen LogP contribution >= 0.6 is 0 Å². The zero-order chi connectivity index (χ0) is 13.0.